The molecule has 3 rings (SSSR count). The fraction of sp³-hybridized carbons (Fsp3) is 0.130. The van der Waals surface area contributed by atoms with E-state index in [1.807, 2.05) is 43.3 Å². The molecule has 2 N–H and O–H groups in total. The lowest BCUT2D eigenvalue weighted by molar-refractivity contribution is -0.268. The first-order valence-electron chi connectivity index (χ1n) is 9.57. The molecular formula is C23H19N2O5S2-. The van der Waals surface area contributed by atoms with E-state index in [9.17, 15) is 19.5 Å². The molecule has 1 aliphatic heterocycles. The lowest BCUT2D eigenvalue weighted by Gasteiger charge is -2.15. The van der Waals surface area contributed by atoms with Crippen molar-refractivity contribution in [2.45, 2.75) is 13.3 Å². The molecule has 0 aromatic heterocycles. The highest BCUT2D eigenvalue weighted by Gasteiger charge is 2.32. The number of hydrogen-bond donors (Lipinski definition) is 2. The monoisotopic (exact) mass is 467 g/mol. The fourth-order valence-corrected chi connectivity index (χ4v) is 4.33. The average Bonchev–Trinajstić information content (AvgIpc) is 2.99. The van der Waals surface area contributed by atoms with E-state index >= 15 is 0 Å². The Balaban J connectivity index is 1.59. The number of hydrogen-bond acceptors (Lipinski definition) is 6. The summed E-state index contributed by atoms with van der Waals surface area (Å²) in [6.07, 6.45) is 3.69. The number of allylic oxidation sites excluding steroid dienone is 2. The zero-order valence-electron chi connectivity index (χ0n) is 17.0. The molecule has 1 saturated heterocycles. The number of thiocarbonyl (C=S) groups is 1. The Morgan fingerprint density at radius 2 is 1.94 bits per heavy atom. The van der Waals surface area contributed by atoms with Crippen LogP contribution >= 0.6 is 24.0 Å². The molecule has 0 radical (unpaired) electrons. The molecule has 2 amide bonds. The molecule has 0 atom stereocenters. The van der Waals surface area contributed by atoms with Gasteiger partial charge in [-0.25, -0.2) is 4.79 Å². The van der Waals surface area contributed by atoms with Gasteiger partial charge in [-0.2, -0.15) is 0 Å². The Labute approximate surface area is 194 Å². The summed E-state index contributed by atoms with van der Waals surface area (Å²) in [4.78, 5) is 37.7. The molecule has 0 bridgehead atoms. The summed E-state index contributed by atoms with van der Waals surface area (Å²) in [6, 6.07) is 13.2. The van der Waals surface area contributed by atoms with Gasteiger partial charge < -0.3 is 15.5 Å². The minimum Gasteiger partial charge on any atom is -0.872 e. The quantitative estimate of drug-likeness (QED) is 0.473. The Hall–Kier alpha value is -3.43. The van der Waals surface area contributed by atoms with Crippen molar-refractivity contribution in [1.29, 1.82) is 0 Å². The molecule has 0 saturated carbocycles. The van der Waals surface area contributed by atoms with E-state index in [0.29, 0.717) is 9.23 Å². The van der Waals surface area contributed by atoms with E-state index in [-0.39, 0.29) is 30.1 Å². The number of benzene rings is 2. The van der Waals surface area contributed by atoms with E-state index in [1.54, 1.807) is 6.08 Å². The summed E-state index contributed by atoms with van der Waals surface area (Å²) in [7, 11) is 0. The molecule has 164 valence electrons. The molecule has 2 aromatic carbocycles. The second-order valence-electron chi connectivity index (χ2n) is 6.95. The second kappa shape index (κ2) is 10.3. The Morgan fingerprint density at radius 3 is 2.59 bits per heavy atom. The zero-order valence-corrected chi connectivity index (χ0v) is 18.7. The molecule has 1 fully saturated rings. The predicted molar refractivity (Wildman–Crippen MR) is 126 cm³/mol. The summed E-state index contributed by atoms with van der Waals surface area (Å²) < 4.78 is 0.370. The number of amides is 2. The molecule has 7 nitrogen and oxygen atoms in total. The van der Waals surface area contributed by atoms with Gasteiger partial charge in [0.15, 0.2) is 0 Å². The molecule has 2 aromatic rings. The van der Waals surface area contributed by atoms with Crippen molar-refractivity contribution in [2.75, 3.05) is 11.9 Å². The van der Waals surface area contributed by atoms with Gasteiger partial charge in [-0.3, -0.25) is 14.5 Å². The van der Waals surface area contributed by atoms with Crippen molar-refractivity contribution in [2.24, 2.45) is 0 Å². The first-order chi connectivity index (χ1) is 15.2. The van der Waals surface area contributed by atoms with E-state index in [4.69, 9.17) is 17.3 Å². The number of carbonyl (C=O) groups is 3. The van der Waals surface area contributed by atoms with Crippen LogP contribution in [0.5, 0.6) is 5.75 Å². The van der Waals surface area contributed by atoms with Crippen molar-refractivity contribution < 1.29 is 24.6 Å². The third kappa shape index (κ3) is 5.83. The molecule has 32 heavy (non-hydrogen) atoms. The van der Waals surface area contributed by atoms with Gasteiger partial charge >= 0.3 is 5.97 Å². The number of thioether (sulfide) groups is 1. The maximum atomic E-state index is 12.7. The van der Waals surface area contributed by atoms with Crippen molar-refractivity contribution in [3.8, 4) is 5.75 Å². The lowest BCUT2D eigenvalue weighted by atomic mass is 10.1. The van der Waals surface area contributed by atoms with Crippen LogP contribution in [0, 0.1) is 0 Å². The van der Waals surface area contributed by atoms with Gasteiger partial charge in [-0.05, 0) is 42.3 Å². The number of anilines is 1. The van der Waals surface area contributed by atoms with Crippen LogP contribution in [-0.4, -0.2) is 38.7 Å². The highest BCUT2D eigenvalue weighted by molar-refractivity contribution is 8.26. The fourth-order valence-electron chi connectivity index (χ4n) is 2.97. The molecule has 0 aliphatic carbocycles. The Kier molecular flexibility index (Phi) is 7.45. The summed E-state index contributed by atoms with van der Waals surface area (Å²) >= 11 is 6.48. The summed E-state index contributed by atoms with van der Waals surface area (Å²) in [5, 5.41) is 23.2. The topological polar surface area (TPSA) is 110 Å². The first-order valence-corrected chi connectivity index (χ1v) is 10.8. The molecule has 0 spiro atoms. The number of carboxylic acids is 1. The predicted octanol–water partition coefficient (Wildman–Crippen LogP) is 3.63. The number of carbonyl (C=O) groups excluding carboxylic acids is 2. The highest BCUT2D eigenvalue weighted by atomic mass is 32.2. The van der Waals surface area contributed by atoms with Gasteiger partial charge in [0, 0.05) is 18.7 Å². The van der Waals surface area contributed by atoms with Gasteiger partial charge in [-0.15, -0.1) is 0 Å². The van der Waals surface area contributed by atoms with Gasteiger partial charge in [-0.1, -0.05) is 66.1 Å². The zero-order chi connectivity index (χ0) is 23.3. The smallest absolute Gasteiger partial charge is 0.335 e. The van der Waals surface area contributed by atoms with Crippen LogP contribution in [0.3, 0.4) is 0 Å². The van der Waals surface area contributed by atoms with Crippen molar-refractivity contribution in [3.05, 3.63) is 76.2 Å². The standard InChI is InChI=1S/C23H20N2O5S2/c1-14(11-15-5-3-2-4-6-15)12-19-21(28)25(23(31)32-19)10-9-20(27)24-16-7-8-17(22(29)30)18(26)13-16/h2-8,11-13,26H,9-10H2,1H3,(H,24,27)(H,29,30)/p-1/b14-11?,19-12-. The maximum Gasteiger partial charge on any atom is 0.335 e. The van der Waals surface area contributed by atoms with Crippen LogP contribution < -0.4 is 10.4 Å². The molecule has 0 unspecified atom stereocenters. The molecule has 1 aliphatic rings. The minimum atomic E-state index is -1.33. The van der Waals surface area contributed by atoms with E-state index < -0.39 is 17.6 Å². The Morgan fingerprint density at radius 1 is 1.22 bits per heavy atom. The molecular weight excluding hydrogens is 448 g/mol. The van der Waals surface area contributed by atoms with Crippen LogP contribution in [0.4, 0.5) is 5.69 Å². The highest BCUT2D eigenvalue weighted by Crippen LogP contribution is 2.32. The largest absolute Gasteiger partial charge is 0.872 e. The van der Waals surface area contributed by atoms with E-state index in [2.05, 4.69) is 5.32 Å². The molecule has 9 heteroatoms. The number of carboxylic acid groups (broad SMARTS) is 1. The number of nitrogens with one attached hydrogen (secondary N) is 1. The second-order valence-corrected chi connectivity index (χ2v) is 8.62. The summed E-state index contributed by atoms with van der Waals surface area (Å²) in [5.74, 6) is -2.72. The van der Waals surface area contributed by atoms with Gasteiger partial charge in [0.25, 0.3) is 5.91 Å². The third-order valence-electron chi connectivity index (χ3n) is 4.48. The number of rotatable bonds is 7. The van der Waals surface area contributed by atoms with Crippen molar-refractivity contribution in [3.63, 3.8) is 0 Å². The van der Waals surface area contributed by atoms with Crippen LogP contribution in [-0.2, 0) is 9.59 Å². The van der Waals surface area contributed by atoms with E-state index in [0.717, 1.165) is 23.3 Å². The average molecular weight is 468 g/mol. The van der Waals surface area contributed by atoms with Crippen molar-refractivity contribution >= 4 is 57.8 Å². The van der Waals surface area contributed by atoms with Crippen LogP contribution in [0.15, 0.2) is 65.1 Å². The summed E-state index contributed by atoms with van der Waals surface area (Å²) in [5.41, 5.74) is 1.74. The lowest BCUT2D eigenvalue weighted by Crippen LogP contribution is -2.31. The third-order valence-corrected chi connectivity index (χ3v) is 5.86. The van der Waals surface area contributed by atoms with Gasteiger partial charge in [0.1, 0.15) is 4.32 Å². The van der Waals surface area contributed by atoms with Gasteiger partial charge in [0.05, 0.1) is 10.5 Å². The van der Waals surface area contributed by atoms with Crippen LogP contribution in [0.1, 0.15) is 29.3 Å². The van der Waals surface area contributed by atoms with E-state index in [1.165, 1.54) is 22.7 Å². The van der Waals surface area contributed by atoms with Crippen LogP contribution in [0.25, 0.3) is 6.08 Å². The van der Waals surface area contributed by atoms with Crippen molar-refractivity contribution in [1.82, 2.24) is 4.90 Å². The SMILES string of the molecule is CC(=Cc1ccccc1)/C=C1\SC(=S)N(CCC(=O)Nc2ccc(C(=O)O)c([O-])c2)C1=O. The van der Waals surface area contributed by atoms with Gasteiger partial charge in [0.2, 0.25) is 5.91 Å². The first kappa shape index (κ1) is 23.2. The number of nitrogens with zero attached hydrogens (tertiary/aromatic N) is 1. The molecule has 1 heterocycles. The maximum absolute atomic E-state index is 12.7. The van der Waals surface area contributed by atoms with Crippen LogP contribution in [0.2, 0.25) is 0 Å². The minimum absolute atomic E-state index is 0.0343. The Bertz CT molecular complexity index is 1140. The number of aromatic carboxylic acids is 1. The summed E-state index contributed by atoms with van der Waals surface area (Å²) in [6.45, 7) is 1.99. The normalized spacial score (nSPS) is 15.3.